The Balaban J connectivity index is 3.77. The molecular weight excluding hydrogens is 264 g/mol. The van der Waals surface area contributed by atoms with Crippen molar-refractivity contribution < 1.29 is 23.9 Å². The highest BCUT2D eigenvalue weighted by atomic mass is 16.5. The molecule has 0 rings (SSSR count). The average Bonchev–Trinajstić information content (AvgIpc) is 2.30. The molecule has 0 unspecified atom stereocenters. The Kier molecular flexibility index (Phi) is 8.03. The van der Waals surface area contributed by atoms with Gasteiger partial charge in [0.25, 0.3) is 0 Å². The van der Waals surface area contributed by atoms with Gasteiger partial charge in [-0.25, -0.2) is 14.4 Å². The van der Waals surface area contributed by atoms with Crippen LogP contribution in [0.1, 0.15) is 27.7 Å². The minimum Gasteiger partial charge on any atom is -0.463 e. The summed E-state index contributed by atoms with van der Waals surface area (Å²) < 4.78 is 9.37. The minimum atomic E-state index is -0.670. The molecule has 0 bridgehead atoms. The molecule has 0 fully saturated rings. The van der Waals surface area contributed by atoms with Crippen LogP contribution in [0.5, 0.6) is 0 Å². The van der Waals surface area contributed by atoms with Crippen LogP contribution < -0.4 is 10.6 Å². The predicted molar refractivity (Wildman–Crippen MR) is 73.0 cm³/mol. The van der Waals surface area contributed by atoms with E-state index >= 15 is 0 Å². The Morgan fingerprint density at radius 3 is 2.10 bits per heavy atom. The molecule has 7 nitrogen and oxygen atoms in total. The molecule has 0 aliphatic carbocycles. The van der Waals surface area contributed by atoms with Crippen LogP contribution in [0.15, 0.2) is 12.2 Å². The van der Waals surface area contributed by atoms with Crippen molar-refractivity contribution in [2.24, 2.45) is 0 Å². The second kappa shape index (κ2) is 8.95. The van der Waals surface area contributed by atoms with Gasteiger partial charge in [0.15, 0.2) is 0 Å². The largest absolute Gasteiger partial charge is 0.463 e. The van der Waals surface area contributed by atoms with Crippen molar-refractivity contribution in [3.8, 4) is 0 Å². The third-order valence-corrected chi connectivity index (χ3v) is 1.76. The van der Waals surface area contributed by atoms with Crippen LogP contribution in [-0.2, 0) is 19.1 Å². The second-order valence-corrected chi connectivity index (χ2v) is 4.88. The molecule has 0 saturated carbocycles. The summed E-state index contributed by atoms with van der Waals surface area (Å²) in [6, 6.07) is -0.337. The summed E-state index contributed by atoms with van der Waals surface area (Å²) in [7, 11) is 0. The number of esters is 2. The molecule has 0 saturated heterocycles. The Morgan fingerprint density at radius 2 is 1.60 bits per heavy atom. The summed E-state index contributed by atoms with van der Waals surface area (Å²) >= 11 is 0. The average molecular weight is 286 g/mol. The van der Waals surface area contributed by atoms with Gasteiger partial charge >= 0.3 is 18.0 Å². The standard InChI is InChI=1S/C13H22N2O5/c1-5-19-10(16)6-7-11(17)20-9-8-14-12(18)15-13(2,3)4/h6-7H,5,8-9H2,1-4H3,(H2,14,15,18)/b7-6+. The lowest BCUT2D eigenvalue weighted by atomic mass is 10.1. The molecular formula is C13H22N2O5. The summed E-state index contributed by atoms with van der Waals surface area (Å²) in [4.78, 5) is 33.5. The van der Waals surface area contributed by atoms with E-state index in [0.717, 1.165) is 12.2 Å². The highest BCUT2D eigenvalue weighted by molar-refractivity contribution is 5.91. The first kappa shape index (κ1) is 17.9. The summed E-state index contributed by atoms with van der Waals surface area (Å²) in [6.07, 6.45) is 1.97. The maximum atomic E-state index is 11.4. The van der Waals surface area contributed by atoms with Crippen LogP contribution in [0.3, 0.4) is 0 Å². The van der Waals surface area contributed by atoms with E-state index in [-0.39, 0.29) is 31.3 Å². The number of carbonyl (C=O) groups is 3. The fraction of sp³-hybridized carbons (Fsp3) is 0.615. The summed E-state index contributed by atoms with van der Waals surface area (Å²) in [5.41, 5.74) is -0.330. The van der Waals surface area contributed by atoms with Crippen molar-refractivity contribution in [3.05, 3.63) is 12.2 Å². The number of rotatable bonds is 6. The van der Waals surface area contributed by atoms with Gasteiger partial charge in [-0.15, -0.1) is 0 Å². The molecule has 0 spiro atoms. The molecule has 7 heteroatoms. The Morgan fingerprint density at radius 1 is 1.05 bits per heavy atom. The lowest BCUT2D eigenvalue weighted by Gasteiger charge is -2.20. The first-order valence-corrected chi connectivity index (χ1v) is 6.32. The smallest absolute Gasteiger partial charge is 0.331 e. The van der Waals surface area contributed by atoms with E-state index in [9.17, 15) is 14.4 Å². The minimum absolute atomic E-state index is 0.0174. The van der Waals surface area contributed by atoms with Gasteiger partial charge in [0.1, 0.15) is 6.61 Å². The maximum Gasteiger partial charge on any atom is 0.331 e. The number of ether oxygens (including phenoxy) is 2. The number of hydrogen-bond acceptors (Lipinski definition) is 5. The zero-order valence-corrected chi connectivity index (χ0v) is 12.3. The molecule has 114 valence electrons. The fourth-order valence-electron chi connectivity index (χ4n) is 1.08. The first-order chi connectivity index (χ1) is 9.24. The molecule has 0 radical (unpaired) electrons. The first-order valence-electron chi connectivity index (χ1n) is 6.32. The van der Waals surface area contributed by atoms with Crippen molar-refractivity contribution in [3.63, 3.8) is 0 Å². The van der Waals surface area contributed by atoms with Gasteiger partial charge in [-0.3, -0.25) is 0 Å². The van der Waals surface area contributed by atoms with Crippen molar-refractivity contribution in [2.75, 3.05) is 19.8 Å². The van der Waals surface area contributed by atoms with Gasteiger partial charge in [-0.2, -0.15) is 0 Å². The fourth-order valence-corrected chi connectivity index (χ4v) is 1.08. The topological polar surface area (TPSA) is 93.7 Å². The Labute approximate surface area is 118 Å². The highest BCUT2D eigenvalue weighted by Gasteiger charge is 2.12. The SMILES string of the molecule is CCOC(=O)/C=C/C(=O)OCCNC(=O)NC(C)(C)C. The molecule has 0 aromatic carbocycles. The number of amides is 2. The van der Waals surface area contributed by atoms with Gasteiger partial charge in [-0.1, -0.05) is 0 Å². The third-order valence-electron chi connectivity index (χ3n) is 1.76. The molecule has 0 heterocycles. The van der Waals surface area contributed by atoms with Gasteiger partial charge in [-0.05, 0) is 27.7 Å². The van der Waals surface area contributed by atoms with E-state index < -0.39 is 11.9 Å². The van der Waals surface area contributed by atoms with Gasteiger partial charge in [0.05, 0.1) is 13.2 Å². The van der Waals surface area contributed by atoms with E-state index in [0.29, 0.717) is 0 Å². The van der Waals surface area contributed by atoms with E-state index in [2.05, 4.69) is 15.4 Å². The normalized spacial score (nSPS) is 11.0. The van der Waals surface area contributed by atoms with Crippen LogP contribution in [0.25, 0.3) is 0 Å². The molecule has 0 aromatic rings. The molecule has 2 amide bonds. The molecule has 0 atom stereocenters. The number of carbonyl (C=O) groups excluding carboxylic acids is 3. The predicted octanol–water partition coefficient (Wildman–Crippen LogP) is 0.747. The molecule has 0 aromatic heterocycles. The van der Waals surface area contributed by atoms with Gasteiger partial charge < -0.3 is 20.1 Å². The van der Waals surface area contributed by atoms with Crippen molar-refractivity contribution in [1.82, 2.24) is 10.6 Å². The monoisotopic (exact) mass is 286 g/mol. The summed E-state index contributed by atoms with van der Waals surface area (Å²) in [5.74, 6) is -1.27. The second-order valence-electron chi connectivity index (χ2n) is 4.88. The van der Waals surface area contributed by atoms with Crippen molar-refractivity contribution in [1.29, 1.82) is 0 Å². The van der Waals surface area contributed by atoms with Crippen molar-refractivity contribution >= 4 is 18.0 Å². The van der Waals surface area contributed by atoms with E-state index in [4.69, 9.17) is 4.74 Å². The third kappa shape index (κ3) is 11.1. The highest BCUT2D eigenvalue weighted by Crippen LogP contribution is 1.97. The van der Waals surface area contributed by atoms with Crippen molar-refractivity contribution in [2.45, 2.75) is 33.2 Å². The number of nitrogens with one attached hydrogen (secondary N) is 2. The quantitative estimate of drug-likeness (QED) is 0.427. The van der Waals surface area contributed by atoms with Gasteiger partial charge in [0.2, 0.25) is 0 Å². The van der Waals surface area contributed by atoms with Crippen LogP contribution in [0.4, 0.5) is 4.79 Å². The van der Waals surface area contributed by atoms with Crippen LogP contribution in [0.2, 0.25) is 0 Å². The lowest BCUT2D eigenvalue weighted by molar-refractivity contribution is -0.140. The number of urea groups is 1. The Hall–Kier alpha value is -2.05. The van der Waals surface area contributed by atoms with Gasteiger partial charge in [0, 0.05) is 17.7 Å². The zero-order chi connectivity index (χ0) is 15.6. The summed E-state index contributed by atoms with van der Waals surface area (Å²) in [6.45, 7) is 7.67. The maximum absolute atomic E-state index is 11.4. The lowest BCUT2D eigenvalue weighted by Crippen LogP contribution is -2.47. The van der Waals surface area contributed by atoms with E-state index in [1.165, 1.54) is 0 Å². The summed E-state index contributed by atoms with van der Waals surface area (Å²) in [5, 5.41) is 5.23. The molecule has 2 N–H and O–H groups in total. The Bertz CT molecular complexity index is 371. The van der Waals surface area contributed by atoms with Crippen LogP contribution in [0, 0.1) is 0 Å². The van der Waals surface area contributed by atoms with Crippen LogP contribution in [-0.4, -0.2) is 43.3 Å². The van der Waals surface area contributed by atoms with Crippen LogP contribution >= 0.6 is 0 Å². The molecule has 0 aliphatic heterocycles. The zero-order valence-electron chi connectivity index (χ0n) is 12.3. The van der Waals surface area contributed by atoms with E-state index in [1.807, 2.05) is 20.8 Å². The molecule has 0 aliphatic rings. The van der Waals surface area contributed by atoms with E-state index in [1.54, 1.807) is 6.92 Å². The number of hydrogen-bond donors (Lipinski definition) is 2. The molecule has 20 heavy (non-hydrogen) atoms.